The standard InChI is InChI=1S/C11H7Br2ClN2OS/c1-5-2-6(4-15-10(5)14)16-11(17)7-3-8(12)18-9(7)13/h2-4H,1H3,(H,16,17). The van der Waals surface area contributed by atoms with E-state index in [9.17, 15) is 4.79 Å². The number of rotatable bonds is 2. The molecule has 0 unspecified atom stereocenters. The quantitative estimate of drug-likeness (QED) is 0.717. The molecule has 1 amide bonds. The van der Waals surface area contributed by atoms with Gasteiger partial charge in [0.15, 0.2) is 0 Å². The molecule has 2 heterocycles. The first-order valence-electron chi connectivity index (χ1n) is 4.85. The van der Waals surface area contributed by atoms with Gasteiger partial charge in [-0.15, -0.1) is 11.3 Å². The van der Waals surface area contributed by atoms with E-state index >= 15 is 0 Å². The van der Waals surface area contributed by atoms with Gasteiger partial charge >= 0.3 is 0 Å². The van der Waals surface area contributed by atoms with Crippen LogP contribution in [0, 0.1) is 6.92 Å². The fourth-order valence-electron chi connectivity index (χ4n) is 1.32. The number of aromatic nitrogens is 1. The second kappa shape index (κ2) is 5.69. The Kier molecular flexibility index (Phi) is 4.42. The van der Waals surface area contributed by atoms with E-state index in [-0.39, 0.29) is 5.91 Å². The van der Waals surface area contributed by atoms with Crippen LogP contribution in [-0.2, 0) is 0 Å². The van der Waals surface area contributed by atoms with Gasteiger partial charge in [-0.3, -0.25) is 4.79 Å². The molecule has 1 N–H and O–H groups in total. The molecule has 0 bridgehead atoms. The highest BCUT2D eigenvalue weighted by molar-refractivity contribution is 9.12. The normalized spacial score (nSPS) is 10.4. The van der Waals surface area contributed by atoms with Crippen molar-refractivity contribution in [2.45, 2.75) is 6.92 Å². The van der Waals surface area contributed by atoms with Gasteiger partial charge in [0, 0.05) is 0 Å². The topological polar surface area (TPSA) is 42.0 Å². The molecule has 94 valence electrons. The summed E-state index contributed by atoms with van der Waals surface area (Å²) < 4.78 is 1.68. The molecule has 0 saturated carbocycles. The summed E-state index contributed by atoms with van der Waals surface area (Å²) >= 11 is 14.0. The van der Waals surface area contributed by atoms with Crippen molar-refractivity contribution in [2.75, 3.05) is 5.32 Å². The highest BCUT2D eigenvalue weighted by Gasteiger charge is 2.14. The number of amides is 1. The van der Waals surface area contributed by atoms with Crippen molar-refractivity contribution in [3.8, 4) is 0 Å². The Hall–Kier alpha value is -0.430. The predicted molar refractivity (Wildman–Crippen MR) is 81.7 cm³/mol. The van der Waals surface area contributed by atoms with Crippen LogP contribution >= 0.6 is 54.8 Å². The summed E-state index contributed by atoms with van der Waals surface area (Å²) in [5.41, 5.74) is 2.02. The summed E-state index contributed by atoms with van der Waals surface area (Å²) in [6.45, 7) is 1.84. The minimum absolute atomic E-state index is 0.188. The first kappa shape index (κ1) is 14.0. The minimum atomic E-state index is -0.188. The van der Waals surface area contributed by atoms with Crippen molar-refractivity contribution in [3.05, 3.63) is 42.2 Å². The molecule has 0 fully saturated rings. The molecule has 0 aromatic carbocycles. The van der Waals surface area contributed by atoms with E-state index < -0.39 is 0 Å². The molecular formula is C11H7Br2ClN2OS. The lowest BCUT2D eigenvalue weighted by Crippen LogP contribution is -2.11. The third kappa shape index (κ3) is 3.12. The number of hydrogen-bond donors (Lipinski definition) is 1. The van der Waals surface area contributed by atoms with Crippen LogP contribution in [0.1, 0.15) is 15.9 Å². The van der Waals surface area contributed by atoms with Gasteiger partial charge in [0.2, 0.25) is 0 Å². The second-order valence-corrected chi connectivity index (χ2v) is 7.63. The SMILES string of the molecule is Cc1cc(NC(=O)c2cc(Br)sc2Br)cnc1Cl. The van der Waals surface area contributed by atoms with Crippen molar-refractivity contribution in [3.63, 3.8) is 0 Å². The Morgan fingerprint density at radius 2 is 2.17 bits per heavy atom. The van der Waals surface area contributed by atoms with Gasteiger partial charge in [0.05, 0.1) is 25.0 Å². The van der Waals surface area contributed by atoms with Crippen LogP contribution < -0.4 is 5.32 Å². The van der Waals surface area contributed by atoms with Crippen LogP contribution in [0.5, 0.6) is 0 Å². The molecule has 18 heavy (non-hydrogen) atoms. The Balaban J connectivity index is 2.21. The Labute approximate surface area is 130 Å². The lowest BCUT2D eigenvalue weighted by Gasteiger charge is -2.05. The van der Waals surface area contributed by atoms with Gasteiger partial charge in [-0.25, -0.2) is 4.98 Å². The van der Waals surface area contributed by atoms with Gasteiger partial charge in [-0.05, 0) is 56.5 Å². The first-order valence-corrected chi connectivity index (χ1v) is 7.63. The van der Waals surface area contributed by atoms with E-state index in [4.69, 9.17) is 11.6 Å². The lowest BCUT2D eigenvalue weighted by molar-refractivity contribution is 0.102. The summed E-state index contributed by atoms with van der Waals surface area (Å²) in [6, 6.07) is 3.54. The molecule has 0 aliphatic heterocycles. The summed E-state index contributed by atoms with van der Waals surface area (Å²) in [4.78, 5) is 16.0. The van der Waals surface area contributed by atoms with Crippen LogP contribution in [0.3, 0.4) is 0 Å². The van der Waals surface area contributed by atoms with Crippen LogP contribution in [-0.4, -0.2) is 10.9 Å². The Morgan fingerprint density at radius 3 is 2.72 bits per heavy atom. The zero-order valence-electron chi connectivity index (χ0n) is 9.13. The fourth-order valence-corrected chi connectivity index (χ4v) is 4.22. The number of anilines is 1. The minimum Gasteiger partial charge on any atom is -0.321 e. The molecule has 0 atom stereocenters. The fraction of sp³-hybridized carbons (Fsp3) is 0.0909. The van der Waals surface area contributed by atoms with Crippen molar-refractivity contribution in [1.29, 1.82) is 0 Å². The van der Waals surface area contributed by atoms with E-state index in [2.05, 4.69) is 42.2 Å². The number of halogens is 3. The summed E-state index contributed by atoms with van der Waals surface area (Å²) in [5.74, 6) is -0.188. The maximum Gasteiger partial charge on any atom is 0.257 e. The number of aryl methyl sites for hydroxylation is 1. The number of carbonyl (C=O) groups is 1. The van der Waals surface area contributed by atoms with Crippen molar-refractivity contribution in [2.24, 2.45) is 0 Å². The van der Waals surface area contributed by atoms with Gasteiger partial charge in [-0.2, -0.15) is 0 Å². The Morgan fingerprint density at radius 1 is 1.44 bits per heavy atom. The van der Waals surface area contributed by atoms with Crippen molar-refractivity contribution in [1.82, 2.24) is 4.98 Å². The lowest BCUT2D eigenvalue weighted by atomic mass is 10.2. The largest absolute Gasteiger partial charge is 0.321 e. The summed E-state index contributed by atoms with van der Waals surface area (Å²) in [7, 11) is 0. The Bertz CT molecular complexity index is 615. The molecule has 3 nitrogen and oxygen atoms in total. The van der Waals surface area contributed by atoms with Gasteiger partial charge in [-0.1, -0.05) is 11.6 Å². The smallest absolute Gasteiger partial charge is 0.257 e. The highest BCUT2D eigenvalue weighted by Crippen LogP contribution is 2.32. The maximum absolute atomic E-state index is 12.0. The number of thiophene rings is 1. The van der Waals surface area contributed by atoms with Crippen LogP contribution in [0.25, 0.3) is 0 Å². The van der Waals surface area contributed by atoms with Gasteiger partial charge in [0.1, 0.15) is 5.15 Å². The number of hydrogen-bond acceptors (Lipinski definition) is 3. The van der Waals surface area contributed by atoms with Gasteiger partial charge < -0.3 is 5.32 Å². The third-order valence-corrected chi connectivity index (χ3v) is 4.91. The molecule has 0 saturated heterocycles. The second-order valence-electron chi connectivity index (χ2n) is 3.52. The molecule has 0 radical (unpaired) electrons. The van der Waals surface area contributed by atoms with Crippen molar-refractivity contribution < 1.29 is 4.79 Å². The third-order valence-electron chi connectivity index (χ3n) is 2.17. The monoisotopic (exact) mass is 408 g/mol. The molecule has 0 aliphatic rings. The highest BCUT2D eigenvalue weighted by atomic mass is 79.9. The van der Waals surface area contributed by atoms with Crippen LogP contribution in [0.4, 0.5) is 5.69 Å². The summed E-state index contributed by atoms with van der Waals surface area (Å²) in [5, 5.41) is 3.21. The van der Waals surface area contributed by atoms with Crippen molar-refractivity contribution >= 4 is 66.4 Å². The van der Waals surface area contributed by atoms with E-state index in [1.54, 1.807) is 12.1 Å². The molecule has 2 rings (SSSR count). The zero-order valence-corrected chi connectivity index (χ0v) is 13.9. The molecule has 2 aromatic rings. The van der Waals surface area contributed by atoms with E-state index in [1.807, 2.05) is 6.92 Å². The summed E-state index contributed by atoms with van der Waals surface area (Å²) in [6.07, 6.45) is 1.53. The van der Waals surface area contributed by atoms with Gasteiger partial charge in [0.25, 0.3) is 5.91 Å². The number of pyridine rings is 1. The molecular weight excluding hydrogens is 403 g/mol. The molecule has 7 heteroatoms. The number of carbonyl (C=O) groups excluding carboxylic acids is 1. The average Bonchev–Trinajstić information content (AvgIpc) is 2.63. The predicted octanol–water partition coefficient (Wildman–Crippen LogP) is 4.88. The van der Waals surface area contributed by atoms with Crippen LogP contribution in [0.15, 0.2) is 25.9 Å². The maximum atomic E-state index is 12.0. The average molecular weight is 411 g/mol. The van der Waals surface area contributed by atoms with Crippen LogP contribution in [0.2, 0.25) is 5.15 Å². The molecule has 2 aromatic heterocycles. The van der Waals surface area contributed by atoms with E-state index in [1.165, 1.54) is 17.5 Å². The number of nitrogens with one attached hydrogen (secondary N) is 1. The van der Waals surface area contributed by atoms with E-state index in [0.29, 0.717) is 16.4 Å². The first-order chi connectivity index (χ1) is 8.47. The number of nitrogens with zero attached hydrogens (tertiary/aromatic N) is 1. The van der Waals surface area contributed by atoms with E-state index in [0.717, 1.165) is 13.1 Å². The molecule has 0 spiro atoms. The molecule has 0 aliphatic carbocycles. The zero-order chi connectivity index (χ0) is 13.3.